The zero-order valence-corrected chi connectivity index (χ0v) is 16.6. The van der Waals surface area contributed by atoms with Gasteiger partial charge in [-0.15, -0.1) is 24.0 Å². The van der Waals surface area contributed by atoms with Crippen molar-refractivity contribution in [3.63, 3.8) is 0 Å². The van der Waals surface area contributed by atoms with Gasteiger partial charge in [0.2, 0.25) is 0 Å². The molecular weight excluding hydrogens is 429 g/mol. The summed E-state index contributed by atoms with van der Waals surface area (Å²) < 4.78 is 11.8. The molecule has 0 radical (unpaired) electrons. The van der Waals surface area contributed by atoms with Crippen LogP contribution in [0.1, 0.15) is 25.0 Å². The van der Waals surface area contributed by atoms with Gasteiger partial charge in [0.1, 0.15) is 11.5 Å². The lowest BCUT2D eigenvalue weighted by Gasteiger charge is -2.22. The Kier molecular flexibility index (Phi) is 6.01. The van der Waals surface area contributed by atoms with Crippen molar-refractivity contribution in [3.8, 4) is 11.3 Å². The number of furan rings is 1. The normalized spacial score (nSPS) is 24.8. The van der Waals surface area contributed by atoms with Gasteiger partial charge in [0.25, 0.3) is 0 Å². The lowest BCUT2D eigenvalue weighted by Crippen LogP contribution is -2.47. The summed E-state index contributed by atoms with van der Waals surface area (Å²) in [5.74, 6) is 2.58. The van der Waals surface area contributed by atoms with E-state index in [2.05, 4.69) is 15.6 Å². The molecule has 2 N–H and O–H groups in total. The van der Waals surface area contributed by atoms with Crippen molar-refractivity contribution >= 4 is 29.9 Å². The number of aliphatic imine (C=N–C) groups is 1. The molecule has 0 spiro atoms. The van der Waals surface area contributed by atoms with Crippen LogP contribution in [-0.4, -0.2) is 31.3 Å². The lowest BCUT2D eigenvalue weighted by molar-refractivity contribution is 0.0992. The summed E-state index contributed by atoms with van der Waals surface area (Å²) in [5.41, 5.74) is 1.09. The molecule has 134 valence electrons. The molecule has 1 aromatic heterocycles. The third-order valence-corrected chi connectivity index (χ3v) is 4.80. The highest BCUT2D eigenvalue weighted by Gasteiger charge is 2.41. The van der Waals surface area contributed by atoms with Gasteiger partial charge in [-0.05, 0) is 31.4 Å². The Balaban J connectivity index is 0.00000182. The Labute approximate surface area is 165 Å². The molecular formula is C19H24IN3O2. The van der Waals surface area contributed by atoms with Gasteiger partial charge in [-0.25, -0.2) is 0 Å². The summed E-state index contributed by atoms with van der Waals surface area (Å²) in [6, 6.07) is 14.5. The molecule has 6 heteroatoms. The summed E-state index contributed by atoms with van der Waals surface area (Å²) in [4.78, 5) is 4.31. The first-order valence-electron chi connectivity index (χ1n) is 8.58. The fourth-order valence-corrected chi connectivity index (χ4v) is 3.56. The number of rotatable bonds is 4. The number of nitrogens with zero attached hydrogens (tertiary/aromatic N) is 1. The van der Waals surface area contributed by atoms with Crippen LogP contribution < -0.4 is 10.6 Å². The minimum Gasteiger partial charge on any atom is -0.459 e. The maximum atomic E-state index is 5.91. The third kappa shape index (κ3) is 4.17. The molecule has 2 aliphatic heterocycles. The van der Waals surface area contributed by atoms with Crippen molar-refractivity contribution in [2.45, 2.75) is 44.1 Å². The van der Waals surface area contributed by atoms with Crippen LogP contribution >= 0.6 is 24.0 Å². The lowest BCUT2D eigenvalue weighted by atomic mass is 9.96. The Morgan fingerprint density at radius 3 is 2.68 bits per heavy atom. The summed E-state index contributed by atoms with van der Waals surface area (Å²) in [6.45, 7) is 0.605. The van der Waals surface area contributed by atoms with E-state index in [1.54, 1.807) is 7.05 Å². The molecule has 0 amide bonds. The third-order valence-electron chi connectivity index (χ3n) is 4.80. The van der Waals surface area contributed by atoms with Gasteiger partial charge >= 0.3 is 0 Å². The highest BCUT2D eigenvalue weighted by atomic mass is 127. The fraction of sp³-hybridized carbons (Fsp3) is 0.421. The summed E-state index contributed by atoms with van der Waals surface area (Å²) in [5, 5.41) is 6.80. The molecule has 1 aromatic carbocycles. The van der Waals surface area contributed by atoms with Crippen LogP contribution in [-0.2, 0) is 11.3 Å². The molecule has 3 unspecified atom stereocenters. The zero-order chi connectivity index (χ0) is 16.4. The second-order valence-electron chi connectivity index (χ2n) is 6.42. The predicted molar refractivity (Wildman–Crippen MR) is 109 cm³/mol. The maximum Gasteiger partial charge on any atom is 0.191 e. The predicted octanol–water partition coefficient (Wildman–Crippen LogP) is 3.55. The van der Waals surface area contributed by atoms with Gasteiger partial charge in [-0.2, -0.15) is 0 Å². The first kappa shape index (κ1) is 18.3. The van der Waals surface area contributed by atoms with E-state index < -0.39 is 0 Å². The van der Waals surface area contributed by atoms with Crippen LogP contribution in [0.5, 0.6) is 0 Å². The number of nitrogens with one attached hydrogen (secondary N) is 2. The number of halogens is 1. The van der Waals surface area contributed by atoms with Gasteiger partial charge in [0.15, 0.2) is 5.96 Å². The molecule has 2 bridgehead atoms. The maximum absolute atomic E-state index is 5.91. The molecule has 2 fully saturated rings. The summed E-state index contributed by atoms with van der Waals surface area (Å²) >= 11 is 0. The van der Waals surface area contributed by atoms with Crippen LogP contribution in [0, 0.1) is 0 Å². The number of guanidine groups is 1. The molecule has 2 aliphatic rings. The van der Waals surface area contributed by atoms with Crippen molar-refractivity contribution in [2.24, 2.45) is 4.99 Å². The van der Waals surface area contributed by atoms with E-state index in [9.17, 15) is 0 Å². The molecule has 25 heavy (non-hydrogen) atoms. The van der Waals surface area contributed by atoms with E-state index >= 15 is 0 Å². The van der Waals surface area contributed by atoms with Gasteiger partial charge in [-0.1, -0.05) is 30.3 Å². The van der Waals surface area contributed by atoms with E-state index in [1.165, 1.54) is 6.42 Å². The molecule has 5 nitrogen and oxygen atoms in total. The standard InChI is InChI=1S/C19H23N3O2.HI/c1-20-19(22-16-11-14-7-10-18(16)23-14)21-12-15-8-9-17(24-15)13-5-3-2-4-6-13;/h2-6,8-9,14,16,18H,7,10-12H2,1H3,(H2,20,21,22);1H. The van der Waals surface area contributed by atoms with Crippen molar-refractivity contribution in [3.05, 3.63) is 48.2 Å². The minimum atomic E-state index is 0. The highest BCUT2D eigenvalue weighted by Crippen LogP contribution is 2.34. The summed E-state index contributed by atoms with van der Waals surface area (Å²) in [7, 11) is 1.79. The van der Waals surface area contributed by atoms with Gasteiger partial charge in [-0.3, -0.25) is 4.99 Å². The van der Waals surface area contributed by atoms with Crippen molar-refractivity contribution in [2.75, 3.05) is 7.05 Å². The van der Waals surface area contributed by atoms with Crippen molar-refractivity contribution < 1.29 is 9.15 Å². The van der Waals surface area contributed by atoms with E-state index in [0.29, 0.717) is 24.8 Å². The molecule has 0 aliphatic carbocycles. The van der Waals surface area contributed by atoms with Crippen LogP contribution in [0.2, 0.25) is 0 Å². The topological polar surface area (TPSA) is 58.8 Å². The van der Waals surface area contributed by atoms with E-state index in [4.69, 9.17) is 9.15 Å². The first-order valence-corrected chi connectivity index (χ1v) is 8.58. The fourth-order valence-electron chi connectivity index (χ4n) is 3.56. The van der Waals surface area contributed by atoms with Crippen LogP contribution in [0.25, 0.3) is 11.3 Å². The highest BCUT2D eigenvalue weighted by molar-refractivity contribution is 14.0. The average Bonchev–Trinajstić information content (AvgIpc) is 3.36. The molecule has 2 aromatic rings. The Morgan fingerprint density at radius 1 is 1.16 bits per heavy atom. The number of ether oxygens (including phenoxy) is 1. The minimum absolute atomic E-state index is 0. The van der Waals surface area contributed by atoms with Crippen LogP contribution in [0.15, 0.2) is 51.9 Å². The Morgan fingerprint density at radius 2 is 2.00 bits per heavy atom. The molecule has 3 heterocycles. The molecule has 2 saturated heterocycles. The first-order chi connectivity index (χ1) is 11.8. The van der Waals surface area contributed by atoms with Crippen LogP contribution in [0.3, 0.4) is 0 Å². The largest absolute Gasteiger partial charge is 0.459 e. The SMILES string of the molecule is CN=C(NCc1ccc(-c2ccccc2)o1)NC1CC2CCC1O2.I. The number of hydrogen-bond acceptors (Lipinski definition) is 3. The number of hydrogen-bond donors (Lipinski definition) is 2. The van der Waals surface area contributed by atoms with Gasteiger partial charge in [0.05, 0.1) is 24.8 Å². The van der Waals surface area contributed by atoms with E-state index in [0.717, 1.165) is 35.9 Å². The average molecular weight is 453 g/mol. The van der Waals surface area contributed by atoms with Gasteiger partial charge < -0.3 is 19.8 Å². The second kappa shape index (κ2) is 8.23. The molecule has 4 rings (SSSR count). The van der Waals surface area contributed by atoms with E-state index in [1.807, 2.05) is 42.5 Å². The molecule has 0 saturated carbocycles. The number of benzene rings is 1. The monoisotopic (exact) mass is 453 g/mol. The molecule has 3 atom stereocenters. The van der Waals surface area contributed by atoms with Gasteiger partial charge in [0, 0.05) is 12.6 Å². The quantitative estimate of drug-likeness (QED) is 0.423. The second-order valence-corrected chi connectivity index (χ2v) is 6.42. The Bertz CT molecular complexity index is 716. The van der Waals surface area contributed by atoms with Crippen molar-refractivity contribution in [1.29, 1.82) is 0 Å². The van der Waals surface area contributed by atoms with E-state index in [-0.39, 0.29) is 24.0 Å². The smallest absolute Gasteiger partial charge is 0.191 e. The van der Waals surface area contributed by atoms with Crippen LogP contribution in [0.4, 0.5) is 0 Å². The summed E-state index contributed by atoms with van der Waals surface area (Å²) in [6.07, 6.45) is 4.19. The number of fused-ring (bicyclic) bond motifs is 2. The van der Waals surface area contributed by atoms with Crippen molar-refractivity contribution in [1.82, 2.24) is 10.6 Å². The Hall–Kier alpha value is -1.54. The zero-order valence-electron chi connectivity index (χ0n) is 14.3.